The molecular formula is C21H18F6N4O3S. The minimum Gasteiger partial charge on any atom is -0.336 e. The Bertz CT molecular complexity index is 1210. The number of nitrogens with zero attached hydrogens (tertiary/aromatic N) is 2. The van der Waals surface area contributed by atoms with Crippen LogP contribution in [-0.2, 0) is 19.9 Å². The summed E-state index contributed by atoms with van der Waals surface area (Å²) >= 11 is 0. The second kappa shape index (κ2) is 9.46. The third kappa shape index (κ3) is 5.91. The molecule has 1 heterocycles. The van der Waals surface area contributed by atoms with E-state index in [0.29, 0.717) is 18.2 Å². The lowest BCUT2D eigenvalue weighted by atomic mass is 10.0. The van der Waals surface area contributed by atoms with Crippen LogP contribution in [-0.4, -0.2) is 42.8 Å². The molecule has 1 aliphatic carbocycles. The zero-order valence-corrected chi connectivity index (χ0v) is 18.5. The van der Waals surface area contributed by atoms with Crippen LogP contribution in [0.4, 0.5) is 26.3 Å². The summed E-state index contributed by atoms with van der Waals surface area (Å²) in [4.78, 5) is 16.1. The van der Waals surface area contributed by atoms with Gasteiger partial charge in [0.1, 0.15) is 29.1 Å². The first-order valence-corrected chi connectivity index (χ1v) is 11.7. The van der Waals surface area contributed by atoms with Crippen LogP contribution >= 0.6 is 0 Å². The molecule has 2 aromatic rings. The summed E-state index contributed by atoms with van der Waals surface area (Å²) in [5, 5.41) is 8.45. The number of carbonyl (C=O) groups excluding carboxylic acids is 1. The van der Waals surface area contributed by atoms with E-state index in [1.54, 1.807) is 11.4 Å². The lowest BCUT2D eigenvalue weighted by molar-refractivity contribution is -0.160. The maximum atomic E-state index is 14.8. The largest absolute Gasteiger partial charge is 0.407 e. The Morgan fingerprint density at radius 3 is 2.23 bits per heavy atom. The Hall–Kier alpha value is -3.18. The maximum Gasteiger partial charge on any atom is 0.407 e. The van der Waals surface area contributed by atoms with E-state index >= 15 is 0 Å². The molecule has 3 rings (SSSR count). The van der Waals surface area contributed by atoms with E-state index < -0.39 is 67.6 Å². The monoisotopic (exact) mass is 520 g/mol. The molecule has 0 saturated heterocycles. The molecule has 1 aromatic carbocycles. The minimum absolute atomic E-state index is 0.152. The molecular weight excluding hydrogens is 502 g/mol. The molecule has 1 aliphatic rings. The van der Waals surface area contributed by atoms with E-state index in [1.165, 1.54) is 6.07 Å². The molecule has 35 heavy (non-hydrogen) atoms. The number of sulfone groups is 1. The number of benzene rings is 1. The summed E-state index contributed by atoms with van der Waals surface area (Å²) in [5.74, 6) is -4.00. The van der Waals surface area contributed by atoms with Crippen LogP contribution in [0, 0.1) is 17.1 Å². The highest BCUT2D eigenvalue weighted by Crippen LogP contribution is 2.37. The fraction of sp³-hybridized carbons (Fsp3) is 0.381. The molecule has 0 spiro atoms. The van der Waals surface area contributed by atoms with Gasteiger partial charge in [-0.2, -0.15) is 27.2 Å². The van der Waals surface area contributed by atoms with Crippen LogP contribution < -0.4 is 10.6 Å². The van der Waals surface area contributed by atoms with Crippen molar-refractivity contribution < 1.29 is 39.6 Å². The molecule has 188 valence electrons. The summed E-state index contributed by atoms with van der Waals surface area (Å²) in [6.45, 7) is 0. The molecule has 1 fully saturated rings. The zero-order chi connectivity index (χ0) is 26.1. The van der Waals surface area contributed by atoms with Gasteiger partial charge in [0.05, 0.1) is 11.8 Å². The van der Waals surface area contributed by atoms with Crippen LogP contribution in [0.3, 0.4) is 0 Å². The third-order valence-electron chi connectivity index (χ3n) is 5.28. The van der Waals surface area contributed by atoms with Gasteiger partial charge >= 0.3 is 11.4 Å². The van der Waals surface area contributed by atoms with Gasteiger partial charge in [0, 0.05) is 6.20 Å². The van der Waals surface area contributed by atoms with Crippen LogP contribution in [0.2, 0.25) is 0 Å². The number of rotatable bonds is 9. The van der Waals surface area contributed by atoms with Crippen molar-refractivity contribution in [1.82, 2.24) is 15.6 Å². The van der Waals surface area contributed by atoms with Gasteiger partial charge in [-0.05, 0) is 42.7 Å². The predicted octanol–water partition coefficient (Wildman–Crippen LogP) is 3.12. The molecule has 0 aliphatic heterocycles. The highest BCUT2D eigenvalue weighted by molar-refractivity contribution is 7.92. The van der Waals surface area contributed by atoms with Crippen molar-refractivity contribution >= 4 is 15.7 Å². The number of hydrogen-bond donors (Lipinski definition) is 2. The molecule has 1 aromatic heterocycles. The molecule has 14 heteroatoms. The molecule has 0 unspecified atom stereocenters. The first-order chi connectivity index (χ1) is 16.2. The van der Waals surface area contributed by atoms with Crippen molar-refractivity contribution in [3.8, 4) is 6.07 Å². The first-order valence-electron chi connectivity index (χ1n) is 10.0. The Morgan fingerprint density at radius 1 is 1.11 bits per heavy atom. The van der Waals surface area contributed by atoms with Crippen molar-refractivity contribution in [2.45, 2.75) is 41.9 Å². The number of alkyl halides is 5. The Morgan fingerprint density at radius 2 is 1.74 bits per heavy atom. The van der Waals surface area contributed by atoms with Crippen molar-refractivity contribution in [1.29, 1.82) is 5.26 Å². The first kappa shape index (κ1) is 26.4. The van der Waals surface area contributed by atoms with E-state index in [0.717, 1.165) is 24.4 Å². The number of nitrogens with one attached hydrogen (secondary N) is 2. The van der Waals surface area contributed by atoms with E-state index in [1.807, 2.05) is 0 Å². The van der Waals surface area contributed by atoms with Gasteiger partial charge in [0.25, 0.3) is 0 Å². The summed E-state index contributed by atoms with van der Waals surface area (Å²) in [7, 11) is -5.61. The van der Waals surface area contributed by atoms with Gasteiger partial charge in [-0.15, -0.1) is 0 Å². The van der Waals surface area contributed by atoms with Crippen LogP contribution in [0.15, 0.2) is 48.7 Å². The second-order valence-corrected chi connectivity index (χ2v) is 10.0. The van der Waals surface area contributed by atoms with Crippen molar-refractivity contribution in [3.63, 3.8) is 0 Å². The average molecular weight is 520 g/mol. The van der Waals surface area contributed by atoms with Gasteiger partial charge in [-0.1, -0.05) is 18.2 Å². The third-order valence-corrected chi connectivity index (χ3v) is 7.04. The normalized spacial score (nSPS) is 17.2. The minimum atomic E-state index is -5.61. The molecule has 1 saturated carbocycles. The van der Waals surface area contributed by atoms with E-state index in [9.17, 15) is 39.6 Å². The summed E-state index contributed by atoms with van der Waals surface area (Å²) in [6, 6.07) is 2.67. The SMILES string of the molecule is N#CC1(NC(=O)[C@H](CS(=O)(=O)C(F)(F)c2ccccn2)N[C@@H](c2ccc(F)cc2)C(F)(F)F)CC1. The van der Waals surface area contributed by atoms with Gasteiger partial charge in [-0.3, -0.25) is 15.1 Å². The smallest absolute Gasteiger partial charge is 0.336 e. The van der Waals surface area contributed by atoms with Gasteiger partial charge < -0.3 is 5.32 Å². The van der Waals surface area contributed by atoms with Gasteiger partial charge in [0.15, 0.2) is 0 Å². The number of pyridine rings is 1. The zero-order valence-electron chi connectivity index (χ0n) is 17.7. The van der Waals surface area contributed by atoms with E-state index in [4.69, 9.17) is 5.26 Å². The number of aromatic nitrogens is 1. The number of halogens is 6. The fourth-order valence-corrected chi connectivity index (χ4v) is 4.50. The Balaban J connectivity index is 1.97. The van der Waals surface area contributed by atoms with Crippen molar-refractivity contribution in [3.05, 3.63) is 65.7 Å². The molecule has 0 radical (unpaired) electrons. The molecule has 2 N–H and O–H groups in total. The highest BCUT2D eigenvalue weighted by Gasteiger charge is 2.52. The Kier molecular flexibility index (Phi) is 7.14. The van der Waals surface area contributed by atoms with Crippen molar-refractivity contribution in [2.24, 2.45) is 0 Å². The van der Waals surface area contributed by atoms with E-state index in [2.05, 4.69) is 10.3 Å². The summed E-state index contributed by atoms with van der Waals surface area (Å²) < 4.78 is 110. The molecule has 7 nitrogen and oxygen atoms in total. The number of nitriles is 1. The number of hydrogen-bond acceptors (Lipinski definition) is 6. The van der Waals surface area contributed by atoms with Crippen LogP contribution in [0.1, 0.15) is 30.1 Å². The highest BCUT2D eigenvalue weighted by atomic mass is 32.2. The average Bonchev–Trinajstić information content (AvgIpc) is 3.56. The lowest BCUT2D eigenvalue weighted by Crippen LogP contribution is -2.55. The summed E-state index contributed by atoms with van der Waals surface area (Å²) in [5.41, 5.74) is -3.19. The van der Waals surface area contributed by atoms with Crippen LogP contribution in [0.25, 0.3) is 0 Å². The summed E-state index contributed by atoms with van der Waals surface area (Å²) in [6.07, 6.45) is -3.92. The number of carbonyl (C=O) groups is 1. The predicted molar refractivity (Wildman–Crippen MR) is 110 cm³/mol. The van der Waals surface area contributed by atoms with Gasteiger partial charge in [-0.25, -0.2) is 12.8 Å². The van der Waals surface area contributed by atoms with Crippen LogP contribution in [0.5, 0.6) is 0 Å². The van der Waals surface area contributed by atoms with Gasteiger partial charge in [0.2, 0.25) is 15.7 Å². The number of amides is 1. The van der Waals surface area contributed by atoms with E-state index in [-0.39, 0.29) is 12.8 Å². The Labute approximate surface area is 196 Å². The molecule has 1 amide bonds. The lowest BCUT2D eigenvalue weighted by Gasteiger charge is -2.29. The fourth-order valence-electron chi connectivity index (χ4n) is 3.17. The maximum absolute atomic E-state index is 14.8. The quantitative estimate of drug-likeness (QED) is 0.492. The molecule has 0 bridgehead atoms. The standard InChI is InChI=1S/C21H18F6N4O3S/c22-14-6-4-13(5-7-14)17(20(23,24)25)30-15(18(32)31-19(12-28)8-9-19)11-35(33,34)21(26,27)16-3-1-2-10-29-16/h1-7,10,15,17,30H,8-9,11H2,(H,31,32)/t15-,17-/m0/s1. The second-order valence-electron chi connectivity index (χ2n) is 7.94. The molecule has 2 atom stereocenters. The van der Waals surface area contributed by atoms with Crippen molar-refractivity contribution in [2.75, 3.05) is 5.75 Å². The topological polar surface area (TPSA) is 112 Å².